The summed E-state index contributed by atoms with van der Waals surface area (Å²) in [4.78, 5) is 9.15. The summed E-state index contributed by atoms with van der Waals surface area (Å²) < 4.78 is 0. The molecular weight excluding hydrogens is 224 g/mol. The van der Waals surface area contributed by atoms with E-state index in [9.17, 15) is 5.26 Å². The van der Waals surface area contributed by atoms with Crippen molar-refractivity contribution < 1.29 is 0 Å². The third kappa shape index (κ3) is 2.32. The Morgan fingerprint density at radius 1 is 1.39 bits per heavy atom. The molecule has 4 heteroatoms. The second kappa shape index (κ2) is 4.95. The molecule has 4 nitrogen and oxygen atoms in total. The predicted molar refractivity (Wildman–Crippen MR) is 72.7 cm³/mol. The Kier molecular flexibility index (Phi) is 3.53. The molecule has 0 amide bonds. The minimum atomic E-state index is 0.493. The van der Waals surface area contributed by atoms with E-state index in [-0.39, 0.29) is 0 Å². The van der Waals surface area contributed by atoms with Gasteiger partial charge in [-0.25, -0.2) is 4.98 Å². The van der Waals surface area contributed by atoms with Crippen molar-refractivity contribution in [2.75, 3.05) is 31.6 Å². The van der Waals surface area contributed by atoms with E-state index in [2.05, 4.69) is 34.8 Å². The first-order chi connectivity index (χ1) is 8.52. The van der Waals surface area contributed by atoms with Crippen molar-refractivity contribution in [2.45, 2.75) is 26.8 Å². The van der Waals surface area contributed by atoms with Gasteiger partial charge in [0.25, 0.3) is 0 Å². The quantitative estimate of drug-likeness (QED) is 0.754. The molecule has 1 aliphatic rings. The Hall–Kier alpha value is -1.60. The van der Waals surface area contributed by atoms with Gasteiger partial charge < -0.3 is 9.80 Å². The molecule has 1 fully saturated rings. The summed E-state index contributed by atoms with van der Waals surface area (Å²) in [6, 6.07) is 4.76. The van der Waals surface area contributed by atoms with Crippen LogP contribution >= 0.6 is 0 Å². The molecule has 0 saturated carbocycles. The molecule has 0 aliphatic carbocycles. The van der Waals surface area contributed by atoms with Gasteiger partial charge in [-0.2, -0.15) is 5.26 Å². The van der Waals surface area contributed by atoms with Crippen LogP contribution in [0.2, 0.25) is 0 Å². The van der Waals surface area contributed by atoms with Crippen molar-refractivity contribution >= 4 is 5.82 Å². The molecule has 18 heavy (non-hydrogen) atoms. The molecule has 0 spiro atoms. The second-order valence-electron chi connectivity index (χ2n) is 5.17. The Morgan fingerprint density at radius 3 is 2.72 bits per heavy atom. The Labute approximate surface area is 109 Å². The van der Waals surface area contributed by atoms with Crippen molar-refractivity contribution in [1.29, 1.82) is 5.26 Å². The lowest BCUT2D eigenvalue weighted by molar-refractivity contribution is 0.233. The third-order valence-corrected chi connectivity index (χ3v) is 3.70. The first-order valence-electron chi connectivity index (χ1n) is 6.36. The first kappa shape index (κ1) is 12.8. The molecule has 1 atom stereocenters. The number of rotatable bonds is 1. The van der Waals surface area contributed by atoms with E-state index in [4.69, 9.17) is 0 Å². The van der Waals surface area contributed by atoms with Crippen LogP contribution in [0.1, 0.15) is 23.7 Å². The van der Waals surface area contributed by atoms with Crippen LogP contribution in [0.25, 0.3) is 0 Å². The van der Waals surface area contributed by atoms with Crippen LogP contribution in [0.5, 0.6) is 0 Å². The van der Waals surface area contributed by atoms with Crippen molar-refractivity contribution in [3.05, 3.63) is 22.9 Å². The maximum absolute atomic E-state index is 9.31. The number of hydrogen-bond donors (Lipinski definition) is 0. The van der Waals surface area contributed by atoms with Gasteiger partial charge in [0, 0.05) is 31.4 Å². The molecular formula is C14H20N4. The predicted octanol–water partition coefficient (Wildman–Crippen LogP) is 1.71. The minimum absolute atomic E-state index is 0.493. The number of hydrogen-bond acceptors (Lipinski definition) is 4. The Balaban J connectivity index is 2.36. The molecule has 1 unspecified atom stereocenters. The number of anilines is 1. The van der Waals surface area contributed by atoms with E-state index in [1.54, 1.807) is 0 Å². The van der Waals surface area contributed by atoms with Crippen LogP contribution in [0.4, 0.5) is 5.82 Å². The summed E-state index contributed by atoms with van der Waals surface area (Å²) in [7, 11) is 2.14. The lowest BCUT2D eigenvalue weighted by Gasteiger charge is -2.38. The van der Waals surface area contributed by atoms with Crippen LogP contribution in [0, 0.1) is 25.2 Å². The van der Waals surface area contributed by atoms with Crippen molar-refractivity contribution in [3.8, 4) is 6.07 Å². The lowest BCUT2D eigenvalue weighted by Crippen LogP contribution is -2.50. The fourth-order valence-corrected chi connectivity index (χ4v) is 2.42. The van der Waals surface area contributed by atoms with E-state index < -0.39 is 0 Å². The average Bonchev–Trinajstić information content (AvgIpc) is 2.32. The molecule has 96 valence electrons. The van der Waals surface area contributed by atoms with Crippen LogP contribution in [0.3, 0.4) is 0 Å². The number of pyridine rings is 1. The van der Waals surface area contributed by atoms with Crippen molar-refractivity contribution in [3.63, 3.8) is 0 Å². The van der Waals surface area contributed by atoms with Gasteiger partial charge in [0.1, 0.15) is 11.9 Å². The zero-order chi connectivity index (χ0) is 13.3. The summed E-state index contributed by atoms with van der Waals surface area (Å²) in [6.07, 6.45) is 0. The molecule has 0 N–H and O–H groups in total. The number of piperazine rings is 1. The van der Waals surface area contributed by atoms with Gasteiger partial charge in [-0.15, -0.1) is 0 Å². The highest BCUT2D eigenvalue weighted by Gasteiger charge is 2.24. The lowest BCUT2D eigenvalue weighted by atomic mass is 10.1. The summed E-state index contributed by atoms with van der Waals surface area (Å²) >= 11 is 0. The van der Waals surface area contributed by atoms with Gasteiger partial charge in [-0.3, -0.25) is 0 Å². The molecule has 0 aromatic carbocycles. The number of aryl methyl sites for hydroxylation is 2. The Morgan fingerprint density at radius 2 is 2.11 bits per heavy atom. The fraction of sp³-hybridized carbons (Fsp3) is 0.571. The zero-order valence-electron chi connectivity index (χ0n) is 11.6. The van der Waals surface area contributed by atoms with Crippen LogP contribution < -0.4 is 4.90 Å². The largest absolute Gasteiger partial charge is 0.353 e. The van der Waals surface area contributed by atoms with Gasteiger partial charge in [0.15, 0.2) is 0 Å². The molecule has 1 saturated heterocycles. The molecule has 2 heterocycles. The van der Waals surface area contributed by atoms with E-state index in [0.717, 1.165) is 42.3 Å². The maximum Gasteiger partial charge on any atom is 0.147 e. The van der Waals surface area contributed by atoms with Crippen LogP contribution in [0.15, 0.2) is 6.07 Å². The monoisotopic (exact) mass is 244 g/mol. The van der Waals surface area contributed by atoms with Crippen molar-refractivity contribution in [1.82, 2.24) is 9.88 Å². The first-order valence-corrected chi connectivity index (χ1v) is 6.36. The zero-order valence-corrected chi connectivity index (χ0v) is 11.6. The van der Waals surface area contributed by atoms with Gasteiger partial charge in [0.2, 0.25) is 0 Å². The molecule has 2 rings (SSSR count). The highest BCUT2D eigenvalue weighted by atomic mass is 15.3. The van der Waals surface area contributed by atoms with Gasteiger partial charge in [0.05, 0.1) is 5.56 Å². The van der Waals surface area contributed by atoms with E-state index >= 15 is 0 Å². The molecule has 0 radical (unpaired) electrons. The molecule has 1 aromatic rings. The highest BCUT2D eigenvalue weighted by molar-refractivity contribution is 5.58. The standard InChI is InChI=1S/C14H20N4/c1-10-7-11(2)16-14(13(10)8-15)18-6-5-17(4)12(3)9-18/h7,12H,5-6,9H2,1-4H3. The average molecular weight is 244 g/mol. The molecule has 0 bridgehead atoms. The van der Waals surface area contributed by atoms with E-state index in [0.29, 0.717) is 6.04 Å². The Bertz CT molecular complexity index is 489. The molecule has 1 aliphatic heterocycles. The highest BCUT2D eigenvalue weighted by Crippen LogP contribution is 2.23. The molecule has 1 aromatic heterocycles. The minimum Gasteiger partial charge on any atom is -0.353 e. The number of likely N-dealkylation sites (N-methyl/N-ethyl adjacent to an activating group) is 1. The maximum atomic E-state index is 9.31. The van der Waals surface area contributed by atoms with Crippen LogP contribution in [-0.4, -0.2) is 42.6 Å². The summed E-state index contributed by atoms with van der Waals surface area (Å²) in [5, 5.41) is 9.31. The normalized spacial score (nSPS) is 20.8. The summed E-state index contributed by atoms with van der Waals surface area (Å²) in [5.74, 6) is 0.856. The number of nitriles is 1. The van der Waals surface area contributed by atoms with Gasteiger partial charge in [-0.1, -0.05) is 0 Å². The number of nitrogens with zero attached hydrogens (tertiary/aromatic N) is 4. The van der Waals surface area contributed by atoms with Gasteiger partial charge in [-0.05, 0) is 39.4 Å². The SMILES string of the molecule is Cc1cc(C)c(C#N)c(N2CCN(C)C(C)C2)n1. The topological polar surface area (TPSA) is 43.2 Å². The summed E-state index contributed by atoms with van der Waals surface area (Å²) in [5.41, 5.74) is 2.72. The van der Waals surface area contributed by atoms with Crippen LogP contribution in [-0.2, 0) is 0 Å². The third-order valence-electron chi connectivity index (χ3n) is 3.70. The van der Waals surface area contributed by atoms with Gasteiger partial charge >= 0.3 is 0 Å². The second-order valence-corrected chi connectivity index (χ2v) is 5.17. The summed E-state index contributed by atoms with van der Waals surface area (Å²) in [6.45, 7) is 9.06. The fourth-order valence-electron chi connectivity index (χ4n) is 2.42. The van der Waals surface area contributed by atoms with Crippen molar-refractivity contribution in [2.24, 2.45) is 0 Å². The van der Waals surface area contributed by atoms with E-state index in [1.807, 2.05) is 19.9 Å². The van der Waals surface area contributed by atoms with E-state index in [1.165, 1.54) is 0 Å². The smallest absolute Gasteiger partial charge is 0.147 e. The number of aromatic nitrogens is 1.